The summed E-state index contributed by atoms with van der Waals surface area (Å²) in [5.41, 5.74) is 0. The summed E-state index contributed by atoms with van der Waals surface area (Å²) in [4.78, 5) is 0. The van der Waals surface area contributed by atoms with Crippen LogP contribution in [0.15, 0.2) is 0 Å². The molecule has 0 aliphatic carbocycles. The Labute approximate surface area is 63.3 Å². The first-order chi connectivity index (χ1) is 3.46. The van der Waals surface area contributed by atoms with Gasteiger partial charge >= 0.3 is 63.2 Å². The zero-order valence-corrected chi connectivity index (χ0v) is 11.2. The molecular weight excluding hydrogens is 217 g/mol. The second-order valence-electron chi connectivity index (χ2n) is 3.00. The van der Waals surface area contributed by atoms with Crippen molar-refractivity contribution >= 4 is 28.7 Å². The van der Waals surface area contributed by atoms with E-state index < -0.39 is 0 Å². The monoisotopic (exact) mass is 238 g/mol. The van der Waals surface area contributed by atoms with E-state index in [0.717, 1.165) is 0 Å². The van der Waals surface area contributed by atoms with Gasteiger partial charge in [0.25, 0.3) is 0 Å². The van der Waals surface area contributed by atoms with Crippen LogP contribution in [0.3, 0.4) is 0 Å². The van der Waals surface area contributed by atoms with Crippen LogP contribution >= 0.6 is 0 Å². The van der Waals surface area contributed by atoms with E-state index in [0.29, 0.717) is 0 Å². The quantitative estimate of drug-likeness (QED) is 0.566. The van der Waals surface area contributed by atoms with E-state index in [4.69, 9.17) is 0 Å². The van der Waals surface area contributed by atoms with Gasteiger partial charge in [0.2, 0.25) is 0 Å². The van der Waals surface area contributed by atoms with Gasteiger partial charge in [-0.15, -0.1) is 0 Å². The van der Waals surface area contributed by atoms with Crippen molar-refractivity contribution in [3.8, 4) is 0 Å². The van der Waals surface area contributed by atoms with Crippen molar-refractivity contribution < 1.29 is 0 Å². The molecule has 0 fully saturated rings. The molecule has 0 aromatic carbocycles. The summed E-state index contributed by atoms with van der Waals surface area (Å²) in [6.45, 7) is 0. The summed E-state index contributed by atoms with van der Waals surface area (Å²) in [6.07, 6.45) is 0. The van der Waals surface area contributed by atoms with Crippen LogP contribution in [-0.4, -0.2) is 28.7 Å². The van der Waals surface area contributed by atoms with Gasteiger partial charge in [-0.05, 0) is 0 Å². The third-order valence-corrected chi connectivity index (χ3v) is 0. The Morgan fingerprint density at radius 1 is 0.500 bits per heavy atom. The summed E-state index contributed by atoms with van der Waals surface area (Å²) in [5.74, 6) is 14.0. The third kappa shape index (κ3) is 223. The van der Waals surface area contributed by atoms with Crippen molar-refractivity contribution in [2.45, 2.75) is 34.5 Å². The fourth-order valence-corrected chi connectivity index (χ4v) is 0. The molecule has 2 heteroatoms. The molecule has 0 saturated heterocycles. The Bertz CT molecular complexity index is 22.0. The zero-order chi connectivity index (χ0) is 7.15. The molecule has 0 N–H and O–H groups in total. The van der Waals surface area contributed by atoms with E-state index in [2.05, 4.69) is 34.5 Å². The molecule has 0 unspecified atom stereocenters. The molecule has 0 aliphatic heterocycles. The number of rotatable bonds is 0. The fourth-order valence-electron chi connectivity index (χ4n) is 0. The predicted octanol–water partition coefficient (Wildman–Crippen LogP) is 2.74. The molecule has 0 heterocycles. The first-order valence-electron chi connectivity index (χ1n) is 3.00. The second kappa shape index (κ2) is 8.09. The van der Waals surface area contributed by atoms with Crippen LogP contribution in [0, 0.1) is 0 Å². The van der Waals surface area contributed by atoms with Gasteiger partial charge in [-0.2, -0.15) is 0 Å². The van der Waals surface area contributed by atoms with Crippen LogP contribution in [-0.2, 0) is 0 Å². The molecule has 0 nitrogen and oxygen atoms in total. The van der Waals surface area contributed by atoms with E-state index in [1.54, 1.807) is 0 Å². The topological polar surface area (TPSA) is 0 Å². The second-order valence-corrected chi connectivity index (χ2v) is 15.6. The molecule has 2 radical (unpaired) electrons. The summed E-state index contributed by atoms with van der Waals surface area (Å²) >= 11 is -0.667. The normalized spacial score (nSPS) is 9.00. The minimum atomic E-state index is -0.333. The third-order valence-electron chi connectivity index (χ3n) is 0. The van der Waals surface area contributed by atoms with Crippen LogP contribution in [0.2, 0.25) is 34.5 Å². The molecule has 0 atom stereocenters. The van der Waals surface area contributed by atoms with Crippen molar-refractivity contribution in [3.05, 3.63) is 0 Å². The van der Waals surface area contributed by atoms with E-state index >= 15 is 0 Å². The van der Waals surface area contributed by atoms with Crippen LogP contribution in [0.4, 0.5) is 0 Å². The van der Waals surface area contributed by atoms with Crippen molar-refractivity contribution in [1.29, 1.82) is 0 Å². The van der Waals surface area contributed by atoms with Gasteiger partial charge in [-0.1, -0.05) is 0 Å². The molecule has 0 spiro atoms. The number of hydrogen-bond donors (Lipinski definition) is 0. The summed E-state index contributed by atoms with van der Waals surface area (Å²) in [5, 5.41) is 0. The molecule has 8 heavy (non-hydrogen) atoms. The Morgan fingerprint density at radius 3 is 0.500 bits per heavy atom. The summed E-state index contributed by atoms with van der Waals surface area (Å²) in [6, 6.07) is 0. The average Bonchev–Trinajstić information content (AvgIpc) is 1.25. The van der Waals surface area contributed by atoms with Gasteiger partial charge < -0.3 is 0 Å². The van der Waals surface area contributed by atoms with Gasteiger partial charge in [0.1, 0.15) is 0 Å². The van der Waals surface area contributed by atoms with Gasteiger partial charge in [-0.3, -0.25) is 0 Å². The van der Waals surface area contributed by atoms with Gasteiger partial charge in [0, 0.05) is 0 Å². The Hall–Kier alpha value is 1.09. The van der Waals surface area contributed by atoms with E-state index in [1.807, 2.05) is 0 Å². The maximum atomic E-state index is 2.33. The average molecular weight is 235 g/mol. The van der Waals surface area contributed by atoms with Gasteiger partial charge in [0.05, 0.1) is 0 Å². The van der Waals surface area contributed by atoms with Crippen LogP contribution < -0.4 is 0 Å². The predicted molar refractivity (Wildman–Crippen MR) is 46.7 cm³/mol. The fraction of sp³-hybridized carbons (Fsp3) is 1.00. The van der Waals surface area contributed by atoms with Crippen LogP contribution in [0.5, 0.6) is 0 Å². The van der Waals surface area contributed by atoms with Crippen LogP contribution in [0.25, 0.3) is 0 Å². The maximum absolute atomic E-state index is 2.33. The van der Waals surface area contributed by atoms with Crippen LogP contribution in [0.1, 0.15) is 0 Å². The molecule has 50 valence electrons. The van der Waals surface area contributed by atoms with E-state index in [1.165, 1.54) is 0 Å². The Kier molecular flexibility index (Phi) is 12.0. The first-order valence-corrected chi connectivity index (χ1v) is 15.6. The summed E-state index contributed by atoms with van der Waals surface area (Å²) in [7, 11) is 0. The van der Waals surface area contributed by atoms with Crippen molar-refractivity contribution in [2.75, 3.05) is 0 Å². The molecule has 0 aromatic heterocycles. The SMILES string of the molecule is [CH3][Ge]([CH3])[CH3].[CH3][Ge]([CH3])[CH3]. The standard InChI is InChI=1S/2C3H9Ge/c2*1-4(2)3/h2*1-3H3. The minimum absolute atomic E-state index is 0.333. The Morgan fingerprint density at radius 2 is 0.500 bits per heavy atom. The Balaban J connectivity index is 0. The molecule has 0 bridgehead atoms. The molecule has 0 rings (SSSR count). The van der Waals surface area contributed by atoms with Gasteiger partial charge in [0.15, 0.2) is 0 Å². The zero-order valence-electron chi connectivity index (χ0n) is 7.00. The van der Waals surface area contributed by atoms with Crippen molar-refractivity contribution in [1.82, 2.24) is 0 Å². The summed E-state index contributed by atoms with van der Waals surface area (Å²) < 4.78 is 0. The van der Waals surface area contributed by atoms with Crippen molar-refractivity contribution in [2.24, 2.45) is 0 Å². The first kappa shape index (κ1) is 11.8. The molecule has 0 amide bonds. The number of hydrogen-bond acceptors (Lipinski definition) is 0. The van der Waals surface area contributed by atoms with Gasteiger partial charge in [-0.25, -0.2) is 0 Å². The van der Waals surface area contributed by atoms with E-state index in [-0.39, 0.29) is 28.7 Å². The van der Waals surface area contributed by atoms with E-state index in [9.17, 15) is 0 Å². The van der Waals surface area contributed by atoms with Crippen molar-refractivity contribution in [3.63, 3.8) is 0 Å². The molecule has 0 saturated carbocycles. The molecule has 0 aliphatic rings. The molecule has 0 aromatic rings. The molecular formula is C6H18Ge2.